The van der Waals surface area contributed by atoms with Crippen molar-refractivity contribution in [1.82, 2.24) is 0 Å². The molecule has 2 heterocycles. The van der Waals surface area contributed by atoms with Gasteiger partial charge in [0.1, 0.15) is 23.9 Å². The van der Waals surface area contributed by atoms with Crippen LogP contribution in [0, 0.1) is 5.82 Å². The molecule has 0 atom stereocenters. The molecule has 2 amide bonds. The SMILES string of the molecule is CC(C)(C)c1ccc(C2=NCC(=O)N(CC(=O)Nc3ccc(F)cc3)c3sc4c(c32)CCC4)cc1. The predicted octanol–water partition coefficient (Wildman–Crippen LogP) is 5.50. The Morgan fingerprint density at radius 1 is 1.09 bits per heavy atom. The summed E-state index contributed by atoms with van der Waals surface area (Å²) in [6, 6.07) is 14.0. The maximum atomic E-state index is 13.2. The molecule has 1 N–H and O–H groups in total. The van der Waals surface area contributed by atoms with Gasteiger partial charge in [0, 0.05) is 21.7 Å². The van der Waals surface area contributed by atoms with Crippen LogP contribution in [-0.2, 0) is 27.8 Å². The number of rotatable bonds is 4. The minimum Gasteiger partial charge on any atom is -0.325 e. The fourth-order valence-corrected chi connectivity index (χ4v) is 6.06. The molecule has 180 valence electrons. The lowest BCUT2D eigenvalue weighted by Gasteiger charge is -2.21. The van der Waals surface area contributed by atoms with Crippen LogP contribution in [0.2, 0.25) is 0 Å². The van der Waals surface area contributed by atoms with Crippen molar-refractivity contribution >= 4 is 39.6 Å². The van der Waals surface area contributed by atoms with Crippen molar-refractivity contribution in [3.05, 3.63) is 81.5 Å². The van der Waals surface area contributed by atoms with Crippen LogP contribution in [0.5, 0.6) is 0 Å². The van der Waals surface area contributed by atoms with Gasteiger partial charge in [0.05, 0.1) is 5.71 Å². The fraction of sp³-hybridized carbons (Fsp3) is 0.321. The van der Waals surface area contributed by atoms with Crippen LogP contribution in [0.4, 0.5) is 15.1 Å². The summed E-state index contributed by atoms with van der Waals surface area (Å²) < 4.78 is 13.2. The largest absolute Gasteiger partial charge is 0.325 e. The quantitative estimate of drug-likeness (QED) is 0.526. The molecule has 7 heteroatoms. The molecule has 0 saturated heterocycles. The number of aliphatic imine (C=N–C) groups is 1. The summed E-state index contributed by atoms with van der Waals surface area (Å²) in [5.41, 5.74) is 5.83. The smallest absolute Gasteiger partial charge is 0.249 e. The van der Waals surface area contributed by atoms with Gasteiger partial charge in [-0.3, -0.25) is 19.5 Å². The van der Waals surface area contributed by atoms with Crippen LogP contribution < -0.4 is 10.2 Å². The first-order chi connectivity index (χ1) is 16.7. The number of nitrogens with one attached hydrogen (secondary N) is 1. The molecule has 1 aliphatic carbocycles. The van der Waals surface area contributed by atoms with Crippen LogP contribution in [0.25, 0.3) is 0 Å². The zero-order valence-corrected chi connectivity index (χ0v) is 21.0. The number of halogens is 1. The summed E-state index contributed by atoms with van der Waals surface area (Å²) in [5, 5.41) is 3.56. The second-order valence-corrected chi connectivity index (χ2v) is 11.1. The third-order valence-corrected chi connectivity index (χ3v) is 7.83. The number of carbonyl (C=O) groups excluding carboxylic acids is 2. The third-order valence-electron chi connectivity index (χ3n) is 6.51. The van der Waals surface area contributed by atoms with Crippen LogP contribution in [0.1, 0.15) is 54.3 Å². The molecule has 1 aliphatic heterocycles. The van der Waals surface area contributed by atoms with Gasteiger partial charge in [0.2, 0.25) is 11.8 Å². The lowest BCUT2D eigenvalue weighted by molar-refractivity contribution is -0.120. The van der Waals surface area contributed by atoms with E-state index in [2.05, 4.69) is 50.4 Å². The summed E-state index contributed by atoms with van der Waals surface area (Å²) in [4.78, 5) is 33.7. The highest BCUT2D eigenvalue weighted by molar-refractivity contribution is 7.17. The number of carbonyl (C=O) groups is 2. The molecule has 0 radical (unpaired) electrons. The first-order valence-electron chi connectivity index (χ1n) is 11.9. The van der Waals surface area contributed by atoms with Crippen LogP contribution in [-0.4, -0.2) is 30.6 Å². The van der Waals surface area contributed by atoms with Crippen LogP contribution >= 0.6 is 11.3 Å². The molecule has 0 unspecified atom stereocenters. The van der Waals surface area contributed by atoms with E-state index in [-0.39, 0.29) is 36.1 Å². The zero-order chi connectivity index (χ0) is 24.7. The molecule has 3 aromatic rings. The predicted molar refractivity (Wildman–Crippen MR) is 139 cm³/mol. The summed E-state index contributed by atoms with van der Waals surface area (Å²) in [5.74, 6) is -0.909. The van der Waals surface area contributed by atoms with Crippen molar-refractivity contribution in [1.29, 1.82) is 0 Å². The second-order valence-electron chi connectivity index (χ2n) is 10.1. The van der Waals surface area contributed by atoms with Gasteiger partial charge >= 0.3 is 0 Å². The normalized spacial score (nSPS) is 15.4. The zero-order valence-electron chi connectivity index (χ0n) is 20.2. The van der Waals surface area contributed by atoms with E-state index in [1.807, 2.05) is 0 Å². The molecule has 5 rings (SSSR count). The molecule has 2 aromatic carbocycles. The molecule has 1 aromatic heterocycles. The minimum absolute atomic E-state index is 0.0175. The van der Waals surface area contributed by atoms with Gasteiger partial charge in [-0.25, -0.2) is 4.39 Å². The van der Waals surface area contributed by atoms with Crippen molar-refractivity contribution < 1.29 is 14.0 Å². The molecule has 0 spiro atoms. The van der Waals surface area contributed by atoms with Gasteiger partial charge in [-0.2, -0.15) is 0 Å². The highest BCUT2D eigenvalue weighted by Crippen LogP contribution is 2.43. The molecule has 0 saturated carbocycles. The number of thiophene rings is 1. The molecule has 5 nitrogen and oxygen atoms in total. The van der Waals surface area contributed by atoms with Crippen LogP contribution in [0.15, 0.2) is 53.5 Å². The summed E-state index contributed by atoms with van der Waals surface area (Å²) in [6.07, 6.45) is 3.01. The Bertz CT molecular complexity index is 1320. The summed E-state index contributed by atoms with van der Waals surface area (Å²) in [7, 11) is 0. The highest BCUT2D eigenvalue weighted by Gasteiger charge is 2.34. The first-order valence-corrected chi connectivity index (χ1v) is 12.7. The number of benzene rings is 2. The van der Waals surface area contributed by atoms with Crippen molar-refractivity contribution in [2.45, 2.75) is 45.4 Å². The first kappa shape index (κ1) is 23.4. The van der Waals surface area contributed by atoms with Crippen molar-refractivity contribution in [2.75, 3.05) is 23.3 Å². The Kier molecular flexibility index (Phi) is 6.05. The fourth-order valence-electron chi connectivity index (χ4n) is 4.65. The van der Waals surface area contributed by atoms with E-state index in [1.54, 1.807) is 16.2 Å². The molecule has 0 fully saturated rings. The van der Waals surface area contributed by atoms with Gasteiger partial charge in [0.25, 0.3) is 0 Å². The number of anilines is 2. The number of amides is 2. The number of hydrogen-bond donors (Lipinski definition) is 1. The minimum atomic E-state index is -0.372. The van der Waals surface area contributed by atoms with E-state index in [4.69, 9.17) is 4.99 Å². The van der Waals surface area contributed by atoms with E-state index in [0.29, 0.717) is 5.69 Å². The molecule has 0 bridgehead atoms. The summed E-state index contributed by atoms with van der Waals surface area (Å²) >= 11 is 1.60. The van der Waals surface area contributed by atoms with Crippen molar-refractivity contribution in [3.63, 3.8) is 0 Å². The maximum absolute atomic E-state index is 13.2. The summed E-state index contributed by atoms with van der Waals surface area (Å²) in [6.45, 7) is 6.42. The number of fused-ring (bicyclic) bond motifs is 3. The van der Waals surface area contributed by atoms with Crippen LogP contribution in [0.3, 0.4) is 0 Å². The highest BCUT2D eigenvalue weighted by atomic mass is 32.1. The Balaban J connectivity index is 1.49. The van der Waals surface area contributed by atoms with Gasteiger partial charge in [-0.05, 0) is 60.1 Å². The van der Waals surface area contributed by atoms with E-state index in [9.17, 15) is 14.0 Å². The van der Waals surface area contributed by atoms with Crippen molar-refractivity contribution in [3.8, 4) is 0 Å². The number of hydrogen-bond acceptors (Lipinski definition) is 4. The number of aryl methyl sites for hydroxylation is 1. The van der Waals surface area contributed by atoms with Gasteiger partial charge in [-0.1, -0.05) is 45.0 Å². The van der Waals surface area contributed by atoms with Crippen molar-refractivity contribution in [2.24, 2.45) is 4.99 Å². The topological polar surface area (TPSA) is 61.8 Å². The molecule has 35 heavy (non-hydrogen) atoms. The average molecular weight is 490 g/mol. The lowest BCUT2D eigenvalue weighted by atomic mass is 9.86. The van der Waals surface area contributed by atoms with E-state index in [1.165, 1.54) is 40.3 Å². The second kappa shape index (κ2) is 9.04. The Morgan fingerprint density at radius 2 is 1.80 bits per heavy atom. The van der Waals surface area contributed by atoms with Gasteiger partial charge < -0.3 is 5.32 Å². The Morgan fingerprint density at radius 3 is 2.49 bits per heavy atom. The maximum Gasteiger partial charge on any atom is 0.249 e. The number of nitrogens with zero attached hydrogens (tertiary/aromatic N) is 2. The van der Waals surface area contributed by atoms with Gasteiger partial charge in [-0.15, -0.1) is 11.3 Å². The lowest BCUT2D eigenvalue weighted by Crippen LogP contribution is -2.38. The monoisotopic (exact) mass is 489 g/mol. The Hall–Kier alpha value is -3.32. The molecule has 2 aliphatic rings. The van der Waals surface area contributed by atoms with E-state index < -0.39 is 0 Å². The molecular formula is C28H28FN3O2S. The van der Waals surface area contributed by atoms with E-state index in [0.717, 1.165) is 41.1 Å². The van der Waals surface area contributed by atoms with E-state index >= 15 is 0 Å². The molecular weight excluding hydrogens is 461 g/mol. The van der Waals surface area contributed by atoms with Gasteiger partial charge in [0.15, 0.2) is 0 Å². The standard InChI is InChI=1S/C28H28FN3O2S/c1-28(2,3)18-9-7-17(8-10-18)26-25-21-5-4-6-22(21)35-27(25)32(24(34)15-30-26)16-23(33)31-20-13-11-19(29)12-14-20/h7-14H,4-6,15-16H2,1-3H3,(H,31,33). The average Bonchev–Trinajstić information content (AvgIpc) is 3.38. The third kappa shape index (κ3) is 4.65. The Labute approximate surface area is 208 Å².